The van der Waals surface area contributed by atoms with Crippen LogP contribution in [-0.4, -0.2) is 12.3 Å². The molecule has 2 aromatic rings. The Kier molecular flexibility index (Phi) is 1.68. The number of rotatable bonds is 1. The molecule has 0 fully saturated rings. The fourth-order valence-electron chi connectivity index (χ4n) is 1.78. The van der Waals surface area contributed by atoms with Gasteiger partial charge in [-0.25, -0.2) is 0 Å². The topological polar surface area (TPSA) is 47.3 Å². The Balaban J connectivity index is 2.06. The molecule has 3 rings (SSSR count). The van der Waals surface area contributed by atoms with Crippen molar-refractivity contribution in [2.24, 2.45) is 0 Å². The van der Waals surface area contributed by atoms with Gasteiger partial charge < -0.3 is 14.6 Å². The van der Waals surface area contributed by atoms with Crippen LogP contribution >= 0.6 is 0 Å². The lowest BCUT2D eigenvalue weighted by atomic mass is 10.0. The maximum Gasteiger partial charge on any atom is 0.164 e. The Bertz CT molecular complexity index is 505. The molecule has 1 aromatic heterocycles. The second-order valence-electron chi connectivity index (χ2n) is 3.49. The summed E-state index contributed by atoms with van der Waals surface area (Å²) in [7, 11) is 1.66. The highest BCUT2D eigenvalue weighted by molar-refractivity contribution is 5.69. The predicted molar refractivity (Wildman–Crippen MR) is 55.6 cm³/mol. The van der Waals surface area contributed by atoms with E-state index in [1.165, 1.54) is 5.56 Å². The van der Waals surface area contributed by atoms with E-state index >= 15 is 0 Å². The zero-order valence-electron chi connectivity index (χ0n) is 8.28. The molecule has 0 saturated carbocycles. The average Bonchev–Trinajstić information content (AvgIpc) is 2.72. The van der Waals surface area contributed by atoms with Crippen LogP contribution in [0.3, 0.4) is 0 Å². The molecular weight excluding hydrogens is 192 g/mol. The third-order valence-corrected chi connectivity index (χ3v) is 2.58. The summed E-state index contributed by atoms with van der Waals surface area (Å²) in [5.74, 6) is 1.73. The first-order valence-corrected chi connectivity index (χ1v) is 4.74. The smallest absolute Gasteiger partial charge is 0.164 e. The summed E-state index contributed by atoms with van der Waals surface area (Å²) >= 11 is 0. The predicted octanol–water partition coefficient (Wildman–Crippen LogP) is 2.33. The number of anilines is 2. The maximum atomic E-state index is 5.18. The van der Waals surface area contributed by atoms with Crippen LogP contribution in [0.15, 0.2) is 28.9 Å². The van der Waals surface area contributed by atoms with E-state index in [0.717, 1.165) is 29.3 Å². The van der Waals surface area contributed by atoms with Gasteiger partial charge in [-0.05, 0) is 23.8 Å². The molecule has 4 nitrogen and oxygen atoms in total. The summed E-state index contributed by atoms with van der Waals surface area (Å²) in [4.78, 5) is 0. The van der Waals surface area contributed by atoms with Crippen LogP contribution in [0.2, 0.25) is 0 Å². The van der Waals surface area contributed by atoms with Crippen molar-refractivity contribution in [1.82, 2.24) is 5.16 Å². The minimum Gasteiger partial charge on any atom is -0.497 e. The van der Waals surface area contributed by atoms with Crippen LogP contribution in [0.4, 0.5) is 11.4 Å². The molecule has 1 N–H and O–H groups in total. The van der Waals surface area contributed by atoms with E-state index in [1.807, 2.05) is 18.2 Å². The number of ether oxygens (including phenoxy) is 1. The van der Waals surface area contributed by atoms with Gasteiger partial charge in [0, 0.05) is 12.1 Å². The van der Waals surface area contributed by atoms with Crippen molar-refractivity contribution in [1.29, 1.82) is 0 Å². The fourth-order valence-corrected chi connectivity index (χ4v) is 1.78. The molecule has 4 heteroatoms. The average molecular weight is 202 g/mol. The minimum atomic E-state index is 0.759. The van der Waals surface area contributed by atoms with Gasteiger partial charge in [0.2, 0.25) is 0 Å². The van der Waals surface area contributed by atoms with Crippen LogP contribution in [0.25, 0.3) is 0 Å². The van der Waals surface area contributed by atoms with E-state index in [0.29, 0.717) is 0 Å². The first-order valence-electron chi connectivity index (χ1n) is 4.74. The van der Waals surface area contributed by atoms with Crippen molar-refractivity contribution in [3.8, 4) is 5.75 Å². The van der Waals surface area contributed by atoms with Crippen molar-refractivity contribution >= 4 is 11.4 Å². The normalized spacial score (nSPS) is 12.6. The van der Waals surface area contributed by atoms with E-state index < -0.39 is 0 Å². The number of benzene rings is 1. The van der Waals surface area contributed by atoms with E-state index in [-0.39, 0.29) is 0 Å². The summed E-state index contributed by atoms with van der Waals surface area (Å²) in [6.07, 6.45) is 2.46. The van der Waals surface area contributed by atoms with Gasteiger partial charge in [-0.15, -0.1) is 0 Å². The third kappa shape index (κ3) is 1.26. The van der Waals surface area contributed by atoms with Gasteiger partial charge in [0.05, 0.1) is 13.3 Å². The Morgan fingerprint density at radius 2 is 2.33 bits per heavy atom. The quantitative estimate of drug-likeness (QED) is 0.657. The number of aromatic nitrogens is 1. The monoisotopic (exact) mass is 202 g/mol. The molecule has 0 spiro atoms. The lowest BCUT2D eigenvalue weighted by Crippen LogP contribution is -2.04. The van der Waals surface area contributed by atoms with Gasteiger partial charge in [-0.2, -0.15) is 0 Å². The highest BCUT2D eigenvalue weighted by Gasteiger charge is 2.18. The first-order chi connectivity index (χ1) is 7.36. The molecule has 2 heterocycles. The van der Waals surface area contributed by atoms with Gasteiger partial charge in [-0.1, -0.05) is 5.16 Å². The zero-order valence-corrected chi connectivity index (χ0v) is 8.28. The van der Waals surface area contributed by atoms with Gasteiger partial charge in [-0.3, -0.25) is 0 Å². The number of fused-ring (bicyclic) bond motifs is 2. The molecule has 1 aromatic carbocycles. The molecule has 0 unspecified atom stereocenters. The molecule has 0 amide bonds. The molecule has 0 atom stereocenters. The van der Waals surface area contributed by atoms with Gasteiger partial charge in [0.15, 0.2) is 5.76 Å². The lowest BCUT2D eigenvalue weighted by Gasteiger charge is -2.16. The second kappa shape index (κ2) is 3.02. The van der Waals surface area contributed by atoms with Crippen LogP contribution in [0.5, 0.6) is 5.75 Å². The van der Waals surface area contributed by atoms with Crippen molar-refractivity contribution in [2.75, 3.05) is 12.4 Å². The van der Waals surface area contributed by atoms with Crippen LogP contribution in [0, 0.1) is 0 Å². The highest BCUT2D eigenvalue weighted by Crippen LogP contribution is 2.34. The number of hydrogen-bond donors (Lipinski definition) is 1. The molecule has 0 bridgehead atoms. The minimum absolute atomic E-state index is 0.759. The molecule has 1 aliphatic heterocycles. The Hall–Kier alpha value is -1.97. The summed E-state index contributed by atoms with van der Waals surface area (Å²) < 4.78 is 10.3. The number of hydrogen-bond acceptors (Lipinski definition) is 4. The Labute approximate surface area is 86.8 Å². The summed E-state index contributed by atoms with van der Waals surface area (Å²) in [6, 6.07) is 5.95. The van der Waals surface area contributed by atoms with E-state index in [2.05, 4.69) is 10.5 Å². The van der Waals surface area contributed by atoms with Gasteiger partial charge in [0.25, 0.3) is 0 Å². The van der Waals surface area contributed by atoms with Gasteiger partial charge >= 0.3 is 0 Å². The first kappa shape index (κ1) is 8.35. The fraction of sp³-hybridized carbons (Fsp3) is 0.182. The largest absolute Gasteiger partial charge is 0.497 e. The SMILES string of the molecule is COc1ccc2c(c1)Cc1oncc1N2. The summed E-state index contributed by atoms with van der Waals surface area (Å²) in [5.41, 5.74) is 3.21. The van der Waals surface area contributed by atoms with E-state index in [9.17, 15) is 0 Å². The maximum absolute atomic E-state index is 5.18. The number of nitrogens with zero attached hydrogens (tertiary/aromatic N) is 1. The van der Waals surface area contributed by atoms with Crippen molar-refractivity contribution in [2.45, 2.75) is 6.42 Å². The number of nitrogens with one attached hydrogen (secondary N) is 1. The second-order valence-corrected chi connectivity index (χ2v) is 3.49. The Morgan fingerprint density at radius 3 is 3.20 bits per heavy atom. The standard InChI is InChI=1S/C11H10N2O2/c1-14-8-2-3-9-7(4-8)5-11-10(13-9)6-12-15-11/h2-4,6,13H,5H2,1H3. The van der Waals surface area contributed by atoms with Crippen LogP contribution < -0.4 is 10.1 Å². The van der Waals surface area contributed by atoms with E-state index in [4.69, 9.17) is 9.26 Å². The number of methoxy groups -OCH3 is 1. The molecular formula is C11H10N2O2. The van der Waals surface area contributed by atoms with Crippen LogP contribution in [0.1, 0.15) is 11.3 Å². The molecule has 0 aliphatic carbocycles. The van der Waals surface area contributed by atoms with Crippen molar-refractivity contribution < 1.29 is 9.26 Å². The molecule has 0 radical (unpaired) electrons. The molecule has 15 heavy (non-hydrogen) atoms. The third-order valence-electron chi connectivity index (χ3n) is 2.58. The van der Waals surface area contributed by atoms with Crippen LogP contribution in [-0.2, 0) is 6.42 Å². The van der Waals surface area contributed by atoms with Crippen molar-refractivity contribution in [3.05, 3.63) is 35.7 Å². The zero-order chi connectivity index (χ0) is 10.3. The molecule has 1 aliphatic rings. The summed E-state index contributed by atoms with van der Waals surface area (Å²) in [5, 5.41) is 7.02. The molecule has 76 valence electrons. The summed E-state index contributed by atoms with van der Waals surface area (Å²) in [6.45, 7) is 0. The lowest BCUT2D eigenvalue weighted by molar-refractivity contribution is 0.389. The Morgan fingerprint density at radius 1 is 1.40 bits per heavy atom. The van der Waals surface area contributed by atoms with Crippen molar-refractivity contribution in [3.63, 3.8) is 0 Å². The highest BCUT2D eigenvalue weighted by atomic mass is 16.5. The van der Waals surface area contributed by atoms with E-state index in [1.54, 1.807) is 13.3 Å². The van der Waals surface area contributed by atoms with Gasteiger partial charge in [0.1, 0.15) is 11.4 Å². The molecule has 0 saturated heterocycles.